The number of hydrogen-bond donors (Lipinski definition) is 0. The zero-order valence-electron chi connectivity index (χ0n) is 8.63. The fourth-order valence-electron chi connectivity index (χ4n) is 0.613. The number of alkyl halides is 9. The van der Waals surface area contributed by atoms with Crippen LogP contribution in [-0.2, 0) is 14.3 Å². The first-order valence-corrected chi connectivity index (χ1v) is 4.02. The van der Waals surface area contributed by atoms with Gasteiger partial charge in [-0.3, -0.25) is 4.79 Å². The van der Waals surface area contributed by atoms with Crippen LogP contribution in [0, 0.1) is 0 Å². The highest BCUT2D eigenvalue weighted by molar-refractivity contribution is 6.32. The van der Waals surface area contributed by atoms with Crippen molar-refractivity contribution in [1.29, 1.82) is 0 Å². The number of carbonyl (C=O) groups excluding carboxylic acids is 2. The minimum absolute atomic E-state index is 0.248. The van der Waals surface area contributed by atoms with Gasteiger partial charge in [0.25, 0.3) is 0 Å². The third kappa shape index (κ3) is 2.92. The Balaban J connectivity index is 5.52. The van der Waals surface area contributed by atoms with Crippen molar-refractivity contribution in [3.63, 3.8) is 0 Å². The van der Waals surface area contributed by atoms with E-state index in [0.717, 1.165) is 0 Å². The number of esters is 1. The van der Waals surface area contributed by atoms with Gasteiger partial charge in [0.1, 0.15) is 0 Å². The molecule has 0 fully saturated rings. The summed E-state index contributed by atoms with van der Waals surface area (Å²) in [5.41, 5.74) is 0. The highest BCUT2D eigenvalue weighted by Gasteiger charge is 2.84. The average Bonchev–Trinajstić information content (AvgIpc) is 2.14. The molecule has 0 aliphatic rings. The molecule has 0 rings (SSSR count). The Morgan fingerprint density at radius 1 is 0.789 bits per heavy atom. The second-order valence-corrected chi connectivity index (χ2v) is 3.11. The molecule has 0 atom stereocenters. The van der Waals surface area contributed by atoms with E-state index in [2.05, 4.69) is 4.74 Å². The van der Waals surface area contributed by atoms with Gasteiger partial charge in [0.15, 0.2) is 0 Å². The van der Waals surface area contributed by atoms with Crippen molar-refractivity contribution in [2.45, 2.75) is 31.1 Å². The summed E-state index contributed by atoms with van der Waals surface area (Å²) in [5.74, 6) is -18.9. The first-order valence-electron chi connectivity index (χ1n) is 4.02. The van der Waals surface area contributed by atoms with Crippen LogP contribution < -0.4 is 0 Å². The summed E-state index contributed by atoms with van der Waals surface area (Å²) in [5, 5.41) is 0. The maximum atomic E-state index is 12.5. The van der Waals surface area contributed by atoms with E-state index in [1.165, 1.54) is 0 Å². The Morgan fingerprint density at radius 2 is 1.16 bits per heavy atom. The van der Waals surface area contributed by atoms with Gasteiger partial charge >= 0.3 is 30.1 Å². The van der Waals surface area contributed by atoms with Crippen molar-refractivity contribution in [2.24, 2.45) is 0 Å². The minimum atomic E-state index is -7.18. The number of Topliss-reactive ketones (excluding diaryl/α,β-unsaturated/α-hetero) is 1. The van der Waals surface area contributed by atoms with Gasteiger partial charge in [-0.1, -0.05) is 0 Å². The molecule has 0 radical (unpaired) electrons. The van der Waals surface area contributed by atoms with Crippen molar-refractivity contribution in [1.82, 2.24) is 0 Å². The van der Waals surface area contributed by atoms with Gasteiger partial charge in [-0.2, -0.15) is 39.5 Å². The predicted molar refractivity (Wildman–Crippen MR) is 37.7 cm³/mol. The molecule has 0 aromatic rings. The Hall–Kier alpha value is -1.49. The monoisotopic (exact) mass is 306 g/mol. The Morgan fingerprint density at radius 3 is 1.42 bits per heavy atom. The number of ether oxygens (including phenoxy) is 1. The van der Waals surface area contributed by atoms with E-state index in [-0.39, 0.29) is 6.92 Å². The standard InChI is InChI=1S/C7H3F9O3/c1-2(17)3(18)19-7(15,16)5(10,11)4(8,9)6(12,13)14/h1H3. The van der Waals surface area contributed by atoms with Crippen LogP contribution in [0.4, 0.5) is 39.5 Å². The van der Waals surface area contributed by atoms with Gasteiger partial charge in [-0.25, -0.2) is 4.79 Å². The van der Waals surface area contributed by atoms with Crippen molar-refractivity contribution < 1.29 is 53.8 Å². The molecule has 0 aromatic carbocycles. The highest BCUT2D eigenvalue weighted by atomic mass is 19.4. The molecule has 0 unspecified atom stereocenters. The topological polar surface area (TPSA) is 43.4 Å². The third-order valence-corrected chi connectivity index (χ3v) is 1.62. The highest BCUT2D eigenvalue weighted by Crippen LogP contribution is 2.53. The van der Waals surface area contributed by atoms with Gasteiger partial charge in [-0.15, -0.1) is 0 Å². The van der Waals surface area contributed by atoms with Crippen LogP contribution in [0.15, 0.2) is 0 Å². The molecule has 112 valence electrons. The van der Waals surface area contributed by atoms with Gasteiger partial charge in [0, 0.05) is 6.92 Å². The number of carbonyl (C=O) groups is 2. The van der Waals surface area contributed by atoms with E-state index in [0.29, 0.717) is 0 Å². The molecule has 0 spiro atoms. The number of halogens is 9. The molecule has 0 aliphatic heterocycles. The van der Waals surface area contributed by atoms with E-state index < -0.39 is 35.9 Å². The van der Waals surface area contributed by atoms with E-state index in [1.807, 2.05) is 0 Å². The molecule has 0 bridgehead atoms. The lowest BCUT2D eigenvalue weighted by Gasteiger charge is -2.32. The second-order valence-electron chi connectivity index (χ2n) is 3.11. The molecule has 0 aliphatic carbocycles. The van der Waals surface area contributed by atoms with Crippen molar-refractivity contribution in [2.75, 3.05) is 0 Å². The van der Waals surface area contributed by atoms with Crippen LogP contribution in [0.1, 0.15) is 6.92 Å². The van der Waals surface area contributed by atoms with E-state index in [4.69, 9.17) is 0 Å². The first kappa shape index (κ1) is 17.5. The van der Waals surface area contributed by atoms with E-state index >= 15 is 0 Å². The van der Waals surface area contributed by atoms with E-state index in [9.17, 15) is 49.1 Å². The summed E-state index contributed by atoms with van der Waals surface area (Å²) in [6, 6.07) is 0. The molecule has 12 heteroatoms. The lowest BCUT2D eigenvalue weighted by molar-refractivity contribution is -0.434. The van der Waals surface area contributed by atoms with Crippen LogP contribution in [-0.4, -0.2) is 35.9 Å². The van der Waals surface area contributed by atoms with Crippen LogP contribution in [0.5, 0.6) is 0 Å². The summed E-state index contributed by atoms with van der Waals surface area (Å²) in [7, 11) is 0. The van der Waals surface area contributed by atoms with Crippen LogP contribution >= 0.6 is 0 Å². The summed E-state index contributed by atoms with van der Waals surface area (Å²) >= 11 is 0. The Kier molecular flexibility index (Phi) is 4.20. The molecule has 0 N–H and O–H groups in total. The predicted octanol–water partition coefficient (Wildman–Crippen LogP) is 2.54. The molecule has 3 nitrogen and oxygen atoms in total. The van der Waals surface area contributed by atoms with Crippen LogP contribution in [0.3, 0.4) is 0 Å². The molecule has 19 heavy (non-hydrogen) atoms. The summed E-state index contributed by atoms with van der Waals surface area (Å²) in [4.78, 5) is 20.4. The number of rotatable bonds is 4. The van der Waals surface area contributed by atoms with Crippen LogP contribution in [0.25, 0.3) is 0 Å². The molecule has 0 amide bonds. The van der Waals surface area contributed by atoms with Crippen LogP contribution in [0.2, 0.25) is 0 Å². The lowest BCUT2D eigenvalue weighted by Crippen LogP contribution is -2.62. The van der Waals surface area contributed by atoms with Gasteiger partial charge < -0.3 is 4.74 Å². The normalized spacial score (nSPS) is 14.2. The van der Waals surface area contributed by atoms with Crippen molar-refractivity contribution >= 4 is 11.8 Å². The largest absolute Gasteiger partial charge is 0.473 e. The number of hydrogen-bond acceptors (Lipinski definition) is 3. The zero-order valence-corrected chi connectivity index (χ0v) is 8.63. The maximum absolute atomic E-state index is 12.5. The third-order valence-electron chi connectivity index (χ3n) is 1.62. The molecule has 0 aromatic heterocycles. The van der Waals surface area contributed by atoms with Crippen molar-refractivity contribution in [3.05, 3.63) is 0 Å². The van der Waals surface area contributed by atoms with E-state index in [1.54, 1.807) is 0 Å². The molecular weight excluding hydrogens is 303 g/mol. The molecule has 0 saturated carbocycles. The Bertz CT molecular complexity index is 384. The first-order chi connectivity index (χ1) is 8.08. The number of ketones is 1. The zero-order chi connectivity index (χ0) is 15.9. The van der Waals surface area contributed by atoms with Gasteiger partial charge in [-0.05, 0) is 0 Å². The maximum Gasteiger partial charge on any atom is 0.473 e. The summed E-state index contributed by atoms with van der Waals surface area (Å²) in [6.45, 7) is 0.248. The van der Waals surface area contributed by atoms with Gasteiger partial charge in [0.2, 0.25) is 5.78 Å². The van der Waals surface area contributed by atoms with Crippen molar-refractivity contribution in [3.8, 4) is 0 Å². The lowest BCUT2D eigenvalue weighted by atomic mass is 10.1. The molecular formula is C7H3F9O3. The molecule has 0 saturated heterocycles. The fraction of sp³-hybridized carbons (Fsp3) is 0.714. The summed E-state index contributed by atoms with van der Waals surface area (Å²) in [6.07, 6.45) is -13.6. The Labute approximate surface area is 97.9 Å². The van der Waals surface area contributed by atoms with Gasteiger partial charge in [0.05, 0.1) is 0 Å². The fourth-order valence-corrected chi connectivity index (χ4v) is 0.613. The minimum Gasteiger partial charge on any atom is -0.390 e. The smallest absolute Gasteiger partial charge is 0.390 e. The summed E-state index contributed by atoms with van der Waals surface area (Å²) < 4.78 is 112. The average molecular weight is 306 g/mol. The quantitative estimate of drug-likeness (QED) is 0.455. The molecule has 0 heterocycles. The SMILES string of the molecule is CC(=O)C(=O)OC(F)(F)C(F)(F)C(F)(F)C(F)(F)F. The second kappa shape index (κ2) is 4.56.